The van der Waals surface area contributed by atoms with Crippen LogP contribution in [0.1, 0.15) is 50.4 Å². The molecule has 8 nitrogen and oxygen atoms in total. The Morgan fingerprint density at radius 1 is 1.38 bits per heavy atom. The van der Waals surface area contributed by atoms with Gasteiger partial charge in [0.2, 0.25) is 0 Å². The van der Waals surface area contributed by atoms with Gasteiger partial charge in [0.05, 0.1) is 12.0 Å². The van der Waals surface area contributed by atoms with E-state index in [-0.39, 0.29) is 17.9 Å². The third-order valence-corrected chi connectivity index (χ3v) is 4.84. The summed E-state index contributed by atoms with van der Waals surface area (Å²) in [5, 5.41) is 4.30. The number of aromatic nitrogens is 2. The average molecular weight is 402 g/mol. The zero-order valence-electron chi connectivity index (χ0n) is 17.6. The van der Waals surface area contributed by atoms with E-state index < -0.39 is 5.60 Å². The average Bonchev–Trinajstić information content (AvgIpc) is 3.10. The summed E-state index contributed by atoms with van der Waals surface area (Å²) in [6.07, 6.45) is 5.25. The zero-order valence-corrected chi connectivity index (χ0v) is 17.6. The molecule has 0 spiro atoms. The van der Waals surface area contributed by atoms with Gasteiger partial charge in [-0.25, -0.2) is 9.78 Å². The number of hydrogen-bond acceptors (Lipinski definition) is 6. The number of carbonyl (C=O) groups is 2. The molecule has 2 N–H and O–H groups in total. The number of Topliss-reactive ketones (excluding diaryl/α,β-unsaturated/α-hetero) is 1. The van der Waals surface area contributed by atoms with E-state index in [0.29, 0.717) is 37.3 Å². The summed E-state index contributed by atoms with van der Waals surface area (Å²) in [6.45, 7) is 7.22. The number of rotatable bonds is 6. The van der Waals surface area contributed by atoms with Gasteiger partial charge in [0.25, 0.3) is 0 Å². The van der Waals surface area contributed by atoms with Gasteiger partial charge in [-0.1, -0.05) is 0 Å². The van der Waals surface area contributed by atoms with Crippen LogP contribution in [0.2, 0.25) is 0 Å². The van der Waals surface area contributed by atoms with Crippen molar-refractivity contribution in [3.05, 3.63) is 24.0 Å². The number of ketones is 1. The third kappa shape index (κ3) is 5.26. The van der Waals surface area contributed by atoms with Crippen LogP contribution in [0.15, 0.2) is 18.5 Å². The summed E-state index contributed by atoms with van der Waals surface area (Å²) in [6, 6.07) is 1.94. The van der Waals surface area contributed by atoms with Crippen molar-refractivity contribution in [2.75, 3.05) is 32.1 Å². The molecule has 1 fully saturated rings. The number of methoxy groups -OCH3 is 1. The van der Waals surface area contributed by atoms with Gasteiger partial charge in [0.15, 0.2) is 5.78 Å². The first-order valence-corrected chi connectivity index (χ1v) is 10.0. The standard InChI is InChI=1S/C21H30N4O4/c1-21(2,3)29-20(27)25-10-5-6-14(13-25)24-16-7-9-22-19-18(16)15(12-23-19)17(26)8-11-28-4/h7,9,12,14H,5-6,8,10-11,13H2,1-4H3,(H2,22,23,24)/t14-/m1/s1. The molecule has 0 aromatic carbocycles. The van der Waals surface area contributed by atoms with E-state index in [1.807, 2.05) is 26.8 Å². The minimum Gasteiger partial charge on any atom is -0.444 e. The molecule has 2 aromatic heterocycles. The summed E-state index contributed by atoms with van der Waals surface area (Å²) in [4.78, 5) is 34.2. The number of pyridine rings is 1. The number of hydrogen-bond donors (Lipinski definition) is 2. The maximum Gasteiger partial charge on any atom is 0.410 e. The normalized spacial score (nSPS) is 17.4. The molecule has 3 heterocycles. The monoisotopic (exact) mass is 402 g/mol. The maximum atomic E-state index is 12.6. The van der Waals surface area contributed by atoms with Gasteiger partial charge in [-0.2, -0.15) is 0 Å². The number of carbonyl (C=O) groups excluding carboxylic acids is 2. The Labute approximate surface area is 171 Å². The number of nitrogens with one attached hydrogen (secondary N) is 2. The Morgan fingerprint density at radius 3 is 2.90 bits per heavy atom. The molecule has 1 amide bonds. The van der Waals surface area contributed by atoms with Crippen LogP contribution in [-0.4, -0.2) is 65.2 Å². The fraction of sp³-hybridized carbons (Fsp3) is 0.571. The smallest absolute Gasteiger partial charge is 0.410 e. The summed E-state index contributed by atoms with van der Waals surface area (Å²) in [7, 11) is 1.58. The maximum absolute atomic E-state index is 12.6. The molecular formula is C21H30N4O4. The number of nitrogens with zero attached hydrogens (tertiary/aromatic N) is 2. The van der Waals surface area contributed by atoms with Crippen LogP contribution in [-0.2, 0) is 9.47 Å². The first kappa shape index (κ1) is 21.1. The molecule has 29 heavy (non-hydrogen) atoms. The van der Waals surface area contributed by atoms with E-state index in [2.05, 4.69) is 15.3 Å². The molecule has 3 rings (SSSR count). The molecule has 1 atom stereocenters. The molecule has 8 heteroatoms. The molecule has 158 valence electrons. The number of piperidine rings is 1. The van der Waals surface area contributed by atoms with Gasteiger partial charge in [-0.05, 0) is 39.7 Å². The van der Waals surface area contributed by atoms with Gasteiger partial charge in [0.1, 0.15) is 11.2 Å². The van der Waals surface area contributed by atoms with Crippen molar-refractivity contribution in [1.29, 1.82) is 0 Å². The van der Waals surface area contributed by atoms with Crippen molar-refractivity contribution >= 4 is 28.6 Å². The van der Waals surface area contributed by atoms with Gasteiger partial charge in [0, 0.05) is 56.3 Å². The number of aromatic amines is 1. The lowest BCUT2D eigenvalue weighted by Crippen LogP contribution is -2.47. The number of anilines is 1. The molecule has 0 bridgehead atoms. The first-order valence-electron chi connectivity index (χ1n) is 10.0. The molecule has 1 aliphatic heterocycles. The number of H-pyrrole nitrogens is 1. The number of likely N-dealkylation sites (tertiary alicyclic amines) is 1. The van der Waals surface area contributed by atoms with Crippen LogP contribution in [0.3, 0.4) is 0 Å². The molecule has 1 saturated heterocycles. The Morgan fingerprint density at radius 2 is 2.17 bits per heavy atom. The summed E-state index contributed by atoms with van der Waals surface area (Å²) < 4.78 is 10.5. The van der Waals surface area contributed by atoms with E-state index in [1.165, 1.54) is 0 Å². The van der Waals surface area contributed by atoms with Crippen molar-refractivity contribution in [1.82, 2.24) is 14.9 Å². The largest absolute Gasteiger partial charge is 0.444 e. The second-order valence-electron chi connectivity index (χ2n) is 8.36. The zero-order chi connectivity index (χ0) is 21.0. The van der Waals surface area contributed by atoms with Crippen LogP contribution in [0.5, 0.6) is 0 Å². The van der Waals surface area contributed by atoms with Gasteiger partial charge in [-0.3, -0.25) is 4.79 Å². The third-order valence-electron chi connectivity index (χ3n) is 4.84. The lowest BCUT2D eigenvalue weighted by molar-refractivity contribution is 0.0206. The van der Waals surface area contributed by atoms with Gasteiger partial charge < -0.3 is 24.7 Å². The van der Waals surface area contributed by atoms with Crippen LogP contribution >= 0.6 is 0 Å². The number of amides is 1. The van der Waals surface area contributed by atoms with Crippen molar-refractivity contribution in [2.45, 2.75) is 51.7 Å². The van der Waals surface area contributed by atoms with E-state index in [9.17, 15) is 9.59 Å². The van der Waals surface area contributed by atoms with Gasteiger partial charge >= 0.3 is 6.09 Å². The minimum absolute atomic E-state index is 0.00757. The number of fused-ring (bicyclic) bond motifs is 1. The predicted molar refractivity (Wildman–Crippen MR) is 111 cm³/mol. The van der Waals surface area contributed by atoms with E-state index in [1.54, 1.807) is 24.4 Å². The summed E-state index contributed by atoms with van der Waals surface area (Å²) >= 11 is 0. The Hall–Kier alpha value is -2.61. The lowest BCUT2D eigenvalue weighted by Gasteiger charge is -2.35. The van der Waals surface area contributed by atoms with Crippen LogP contribution in [0.4, 0.5) is 10.5 Å². The molecule has 2 aromatic rings. The quantitative estimate of drug-likeness (QED) is 0.717. The van der Waals surface area contributed by atoms with Crippen LogP contribution in [0.25, 0.3) is 11.0 Å². The van der Waals surface area contributed by atoms with E-state index in [0.717, 1.165) is 23.9 Å². The highest BCUT2D eigenvalue weighted by molar-refractivity contribution is 6.11. The lowest BCUT2D eigenvalue weighted by atomic mass is 10.0. The molecule has 1 aliphatic rings. The SMILES string of the molecule is COCCC(=O)c1c[nH]c2nccc(N[C@@H]3CCCN(C(=O)OC(C)(C)C)C3)c12. The summed E-state index contributed by atoms with van der Waals surface area (Å²) in [5.74, 6) is 0.00757. The first-order chi connectivity index (χ1) is 13.8. The second-order valence-corrected chi connectivity index (χ2v) is 8.36. The van der Waals surface area contributed by atoms with E-state index >= 15 is 0 Å². The van der Waals surface area contributed by atoms with Gasteiger partial charge in [-0.15, -0.1) is 0 Å². The Balaban J connectivity index is 1.76. The minimum atomic E-state index is -0.517. The highest BCUT2D eigenvalue weighted by Gasteiger charge is 2.28. The fourth-order valence-corrected chi connectivity index (χ4v) is 3.53. The Bertz CT molecular complexity index is 871. The fourth-order valence-electron chi connectivity index (χ4n) is 3.53. The molecular weight excluding hydrogens is 372 g/mol. The summed E-state index contributed by atoms with van der Waals surface area (Å²) in [5.41, 5.74) is 1.59. The van der Waals surface area contributed by atoms with E-state index in [4.69, 9.17) is 9.47 Å². The molecule has 0 radical (unpaired) electrons. The highest BCUT2D eigenvalue weighted by Crippen LogP contribution is 2.28. The molecule has 0 unspecified atom stereocenters. The van der Waals surface area contributed by atoms with Crippen molar-refractivity contribution in [2.24, 2.45) is 0 Å². The predicted octanol–water partition coefficient (Wildman–Crippen LogP) is 3.59. The second kappa shape index (κ2) is 8.82. The molecule has 0 saturated carbocycles. The number of ether oxygens (including phenoxy) is 2. The van der Waals surface area contributed by atoms with Crippen molar-refractivity contribution < 1.29 is 19.1 Å². The van der Waals surface area contributed by atoms with Crippen molar-refractivity contribution in [3.8, 4) is 0 Å². The van der Waals surface area contributed by atoms with Crippen molar-refractivity contribution in [3.63, 3.8) is 0 Å². The molecule has 0 aliphatic carbocycles. The Kier molecular flexibility index (Phi) is 6.42. The highest BCUT2D eigenvalue weighted by atomic mass is 16.6. The van der Waals surface area contributed by atoms with Crippen LogP contribution in [0, 0.1) is 0 Å². The topological polar surface area (TPSA) is 96.5 Å². The van der Waals surface area contributed by atoms with Crippen LogP contribution < -0.4 is 5.32 Å².